The maximum absolute atomic E-state index is 13.1. The fraction of sp³-hybridized carbons (Fsp3) is 1.00. The second-order valence-corrected chi connectivity index (χ2v) is 7.15. The van der Waals surface area contributed by atoms with E-state index in [-0.39, 0.29) is 12.3 Å². The number of rotatable bonds is 12. The van der Waals surface area contributed by atoms with Crippen molar-refractivity contribution in [3.8, 4) is 0 Å². The fourth-order valence-electron chi connectivity index (χ4n) is 2.91. The number of hydrogen-bond acceptors (Lipinski definition) is 0. The van der Waals surface area contributed by atoms with Crippen LogP contribution in [0.4, 0.5) is 13.2 Å². The summed E-state index contributed by atoms with van der Waals surface area (Å²) in [5, 5.41) is 0. The molecule has 0 heterocycles. The lowest BCUT2D eigenvalue weighted by atomic mass is 9.78. The van der Waals surface area contributed by atoms with Gasteiger partial charge in [0.05, 0.1) is 5.41 Å². The van der Waals surface area contributed by atoms with Gasteiger partial charge >= 0.3 is 6.18 Å². The van der Waals surface area contributed by atoms with Crippen LogP contribution in [0.5, 0.6) is 0 Å². The molecule has 0 aromatic carbocycles. The van der Waals surface area contributed by atoms with Gasteiger partial charge < -0.3 is 0 Å². The van der Waals surface area contributed by atoms with Crippen molar-refractivity contribution < 1.29 is 13.2 Å². The third-order valence-electron chi connectivity index (χ3n) is 4.50. The van der Waals surface area contributed by atoms with Gasteiger partial charge in [-0.25, -0.2) is 0 Å². The van der Waals surface area contributed by atoms with Crippen molar-refractivity contribution in [3.63, 3.8) is 0 Å². The standard InChI is InChI=1S/C18H35F3/c1-5-7-9-11-13-16(14-12-10-8-6-2)15-17(3,4)18(19,20)21/h16H,5-15H2,1-4H3. The predicted molar refractivity (Wildman–Crippen MR) is 85.5 cm³/mol. The molecule has 0 nitrogen and oxygen atoms in total. The zero-order valence-corrected chi connectivity index (χ0v) is 14.5. The van der Waals surface area contributed by atoms with Crippen LogP contribution in [-0.2, 0) is 0 Å². The number of alkyl halides is 3. The van der Waals surface area contributed by atoms with Crippen molar-refractivity contribution in [1.29, 1.82) is 0 Å². The highest BCUT2D eigenvalue weighted by Crippen LogP contribution is 2.44. The zero-order chi connectivity index (χ0) is 16.4. The molecular weight excluding hydrogens is 273 g/mol. The largest absolute Gasteiger partial charge is 0.393 e. The van der Waals surface area contributed by atoms with Crippen LogP contribution in [0.1, 0.15) is 98.3 Å². The first-order valence-electron chi connectivity index (χ1n) is 8.81. The smallest absolute Gasteiger partial charge is 0.171 e. The lowest BCUT2D eigenvalue weighted by Crippen LogP contribution is -2.34. The maximum Gasteiger partial charge on any atom is 0.393 e. The normalized spacial score (nSPS) is 13.1. The van der Waals surface area contributed by atoms with E-state index in [4.69, 9.17) is 0 Å². The fourth-order valence-corrected chi connectivity index (χ4v) is 2.91. The Kier molecular flexibility index (Phi) is 10.4. The van der Waals surface area contributed by atoms with E-state index in [1.54, 1.807) is 0 Å². The van der Waals surface area contributed by atoms with Crippen LogP contribution in [0, 0.1) is 11.3 Å². The van der Waals surface area contributed by atoms with Gasteiger partial charge in [-0.05, 0) is 12.3 Å². The van der Waals surface area contributed by atoms with Gasteiger partial charge in [-0.3, -0.25) is 0 Å². The van der Waals surface area contributed by atoms with E-state index in [1.165, 1.54) is 39.5 Å². The monoisotopic (exact) mass is 308 g/mol. The summed E-state index contributed by atoms with van der Waals surface area (Å²) in [7, 11) is 0. The van der Waals surface area contributed by atoms with Crippen molar-refractivity contribution in [2.45, 2.75) is 105 Å². The van der Waals surface area contributed by atoms with Crippen LogP contribution in [-0.4, -0.2) is 6.18 Å². The predicted octanol–water partition coefficient (Wildman–Crippen LogP) is 7.52. The maximum atomic E-state index is 13.1. The Labute approximate surface area is 129 Å². The summed E-state index contributed by atoms with van der Waals surface area (Å²) in [6.45, 7) is 7.04. The van der Waals surface area contributed by atoms with Gasteiger partial charge in [0.15, 0.2) is 0 Å². The Bertz CT molecular complexity index is 231. The second-order valence-electron chi connectivity index (χ2n) is 7.15. The molecule has 0 saturated heterocycles. The molecule has 0 spiro atoms. The average molecular weight is 308 g/mol. The highest BCUT2D eigenvalue weighted by Gasteiger charge is 2.47. The van der Waals surface area contributed by atoms with Gasteiger partial charge in [0.1, 0.15) is 0 Å². The minimum absolute atomic E-state index is 0.232. The SMILES string of the molecule is CCCCCCC(CCCCCC)CC(C)(C)C(F)(F)F. The van der Waals surface area contributed by atoms with Crippen LogP contribution < -0.4 is 0 Å². The first kappa shape index (κ1) is 20.8. The molecule has 0 amide bonds. The Morgan fingerprint density at radius 3 is 1.48 bits per heavy atom. The molecule has 0 aromatic heterocycles. The summed E-state index contributed by atoms with van der Waals surface area (Å²) in [5.41, 5.74) is -1.55. The molecule has 0 saturated carbocycles. The third-order valence-corrected chi connectivity index (χ3v) is 4.50. The molecule has 21 heavy (non-hydrogen) atoms. The zero-order valence-electron chi connectivity index (χ0n) is 14.5. The molecule has 0 radical (unpaired) electrons. The first-order chi connectivity index (χ1) is 9.74. The Morgan fingerprint density at radius 2 is 1.14 bits per heavy atom. The topological polar surface area (TPSA) is 0 Å². The van der Waals surface area contributed by atoms with E-state index in [1.807, 2.05) is 0 Å². The number of halogens is 3. The van der Waals surface area contributed by atoms with Crippen molar-refractivity contribution in [2.75, 3.05) is 0 Å². The Morgan fingerprint density at radius 1 is 0.714 bits per heavy atom. The molecule has 0 N–H and O–H groups in total. The van der Waals surface area contributed by atoms with Crippen LogP contribution in [0.25, 0.3) is 0 Å². The average Bonchev–Trinajstić information content (AvgIpc) is 2.37. The highest BCUT2D eigenvalue weighted by atomic mass is 19.4. The van der Waals surface area contributed by atoms with Gasteiger partial charge in [0.25, 0.3) is 0 Å². The molecule has 0 aliphatic heterocycles. The van der Waals surface area contributed by atoms with Crippen LogP contribution in [0.15, 0.2) is 0 Å². The van der Waals surface area contributed by atoms with E-state index >= 15 is 0 Å². The van der Waals surface area contributed by atoms with Gasteiger partial charge in [-0.1, -0.05) is 91.9 Å². The minimum atomic E-state index is -4.09. The van der Waals surface area contributed by atoms with E-state index in [0.717, 1.165) is 38.5 Å². The summed E-state index contributed by atoms with van der Waals surface area (Å²) in [6, 6.07) is 0. The summed E-state index contributed by atoms with van der Waals surface area (Å²) in [4.78, 5) is 0. The molecule has 0 bridgehead atoms. The van der Waals surface area contributed by atoms with Crippen LogP contribution in [0.2, 0.25) is 0 Å². The lowest BCUT2D eigenvalue weighted by Gasteiger charge is -2.32. The van der Waals surface area contributed by atoms with E-state index in [0.29, 0.717) is 0 Å². The van der Waals surface area contributed by atoms with E-state index < -0.39 is 11.6 Å². The summed E-state index contributed by atoms with van der Waals surface area (Å²) < 4.78 is 39.2. The molecule has 0 aliphatic carbocycles. The molecule has 0 rings (SSSR count). The van der Waals surface area contributed by atoms with E-state index in [9.17, 15) is 13.2 Å². The molecule has 0 atom stereocenters. The van der Waals surface area contributed by atoms with Crippen molar-refractivity contribution >= 4 is 0 Å². The lowest BCUT2D eigenvalue weighted by molar-refractivity contribution is -0.217. The Hall–Kier alpha value is -0.210. The number of hydrogen-bond donors (Lipinski definition) is 0. The van der Waals surface area contributed by atoms with E-state index in [2.05, 4.69) is 13.8 Å². The van der Waals surface area contributed by atoms with Crippen LogP contribution in [0.3, 0.4) is 0 Å². The minimum Gasteiger partial charge on any atom is -0.171 e. The van der Waals surface area contributed by atoms with Crippen LogP contribution >= 0.6 is 0 Å². The molecule has 128 valence electrons. The molecule has 3 heteroatoms. The van der Waals surface area contributed by atoms with Crippen molar-refractivity contribution in [3.05, 3.63) is 0 Å². The summed E-state index contributed by atoms with van der Waals surface area (Å²) >= 11 is 0. The highest BCUT2D eigenvalue weighted by molar-refractivity contribution is 4.80. The molecule has 0 fully saturated rings. The van der Waals surface area contributed by atoms with Gasteiger partial charge in [-0.15, -0.1) is 0 Å². The van der Waals surface area contributed by atoms with Gasteiger partial charge in [-0.2, -0.15) is 13.2 Å². The van der Waals surface area contributed by atoms with Crippen molar-refractivity contribution in [1.82, 2.24) is 0 Å². The van der Waals surface area contributed by atoms with Crippen molar-refractivity contribution in [2.24, 2.45) is 11.3 Å². The van der Waals surface area contributed by atoms with Gasteiger partial charge in [0.2, 0.25) is 0 Å². The summed E-state index contributed by atoms with van der Waals surface area (Å²) in [5.74, 6) is 0.232. The molecule has 0 aromatic rings. The molecular formula is C18H35F3. The summed E-state index contributed by atoms with van der Waals surface area (Å²) in [6.07, 6.45) is 7.37. The number of unbranched alkanes of at least 4 members (excludes halogenated alkanes) is 6. The molecule has 0 unspecified atom stereocenters. The van der Waals surface area contributed by atoms with Gasteiger partial charge in [0, 0.05) is 0 Å². The quantitative estimate of drug-likeness (QED) is 0.327. The first-order valence-corrected chi connectivity index (χ1v) is 8.81. The Balaban J connectivity index is 4.35. The second kappa shape index (κ2) is 10.5. The molecule has 0 aliphatic rings. The third kappa shape index (κ3) is 9.42.